The van der Waals surface area contributed by atoms with Crippen LogP contribution >= 0.6 is 12.2 Å². The number of halogens is 1. The summed E-state index contributed by atoms with van der Waals surface area (Å²) < 4.78 is 12.8. The maximum atomic E-state index is 12.8. The second kappa shape index (κ2) is 4.41. The van der Waals surface area contributed by atoms with Gasteiger partial charge in [0.15, 0.2) is 0 Å². The van der Waals surface area contributed by atoms with E-state index in [4.69, 9.17) is 18.0 Å². The van der Waals surface area contributed by atoms with Crippen LogP contribution in [-0.2, 0) is 0 Å². The highest BCUT2D eigenvalue weighted by Crippen LogP contribution is 2.20. The van der Waals surface area contributed by atoms with Gasteiger partial charge >= 0.3 is 0 Å². The van der Waals surface area contributed by atoms with Crippen LogP contribution in [0.1, 0.15) is 5.56 Å². The summed E-state index contributed by atoms with van der Waals surface area (Å²) in [5.41, 5.74) is 8.29. The van der Waals surface area contributed by atoms with E-state index >= 15 is 0 Å². The highest BCUT2D eigenvalue weighted by atomic mass is 32.1. The number of nitrogens with two attached hydrogens (primary N) is 1. The van der Waals surface area contributed by atoms with Gasteiger partial charge in [-0.05, 0) is 29.3 Å². The summed E-state index contributed by atoms with van der Waals surface area (Å²) in [7, 11) is 0. The first-order chi connectivity index (χ1) is 7.66. The van der Waals surface area contributed by atoms with Crippen molar-refractivity contribution in [3.05, 3.63) is 59.9 Å². The quantitative estimate of drug-likeness (QED) is 0.804. The molecule has 3 heteroatoms. The molecule has 2 rings (SSSR count). The molecule has 0 aliphatic carbocycles. The van der Waals surface area contributed by atoms with Crippen LogP contribution in [0.15, 0.2) is 48.5 Å². The summed E-state index contributed by atoms with van der Waals surface area (Å²) in [6.45, 7) is 0. The van der Waals surface area contributed by atoms with E-state index in [2.05, 4.69) is 0 Å². The van der Waals surface area contributed by atoms with Crippen LogP contribution in [0, 0.1) is 5.82 Å². The number of hydrogen-bond donors (Lipinski definition) is 1. The molecule has 0 amide bonds. The molecule has 0 spiro atoms. The van der Waals surface area contributed by atoms with E-state index in [1.165, 1.54) is 12.1 Å². The molecular weight excluding hydrogens is 221 g/mol. The molecule has 0 saturated heterocycles. The Morgan fingerprint density at radius 3 is 2.31 bits per heavy atom. The molecule has 0 saturated carbocycles. The van der Waals surface area contributed by atoms with Gasteiger partial charge in [0.25, 0.3) is 0 Å². The topological polar surface area (TPSA) is 26.0 Å². The molecule has 0 fully saturated rings. The fourth-order valence-corrected chi connectivity index (χ4v) is 1.62. The van der Waals surface area contributed by atoms with Gasteiger partial charge in [0.2, 0.25) is 0 Å². The maximum Gasteiger partial charge on any atom is 0.123 e. The first-order valence-corrected chi connectivity index (χ1v) is 5.23. The third-order valence-corrected chi connectivity index (χ3v) is 2.56. The lowest BCUT2D eigenvalue weighted by molar-refractivity contribution is 0.628. The summed E-state index contributed by atoms with van der Waals surface area (Å²) in [5.74, 6) is -0.241. The predicted octanol–water partition coefficient (Wildman–Crippen LogP) is 3.13. The van der Waals surface area contributed by atoms with Crippen LogP contribution < -0.4 is 5.73 Å². The normalized spacial score (nSPS) is 10.1. The zero-order chi connectivity index (χ0) is 11.5. The van der Waals surface area contributed by atoms with Crippen molar-refractivity contribution in [1.82, 2.24) is 0 Å². The van der Waals surface area contributed by atoms with Crippen molar-refractivity contribution in [2.75, 3.05) is 0 Å². The van der Waals surface area contributed by atoms with E-state index in [0.717, 1.165) is 16.7 Å². The Hall–Kier alpha value is -1.74. The van der Waals surface area contributed by atoms with Crippen LogP contribution in [0.5, 0.6) is 0 Å². The maximum absolute atomic E-state index is 12.8. The van der Waals surface area contributed by atoms with Crippen molar-refractivity contribution in [3.8, 4) is 11.1 Å². The molecule has 0 bridgehead atoms. The van der Waals surface area contributed by atoms with Gasteiger partial charge in [0, 0.05) is 5.56 Å². The SMILES string of the molecule is NC(=S)c1cccc(-c2ccc(F)cc2)c1. The molecule has 0 aromatic heterocycles. The zero-order valence-corrected chi connectivity index (χ0v) is 9.30. The number of rotatable bonds is 2. The van der Waals surface area contributed by atoms with Gasteiger partial charge in [-0.2, -0.15) is 0 Å². The monoisotopic (exact) mass is 231 g/mol. The molecule has 0 atom stereocenters. The van der Waals surface area contributed by atoms with Crippen LogP contribution in [0.25, 0.3) is 11.1 Å². The summed E-state index contributed by atoms with van der Waals surface area (Å²) in [5, 5.41) is 0. The standard InChI is InChI=1S/C13H10FNS/c14-12-6-4-9(5-7-12)10-2-1-3-11(8-10)13(15)16/h1-8H,(H2,15,16). The Balaban J connectivity index is 2.44. The smallest absolute Gasteiger partial charge is 0.123 e. The van der Waals surface area contributed by atoms with Crippen molar-refractivity contribution in [1.29, 1.82) is 0 Å². The minimum atomic E-state index is -0.241. The predicted molar refractivity (Wildman–Crippen MR) is 67.7 cm³/mol. The van der Waals surface area contributed by atoms with Crippen LogP contribution in [0.2, 0.25) is 0 Å². The lowest BCUT2D eigenvalue weighted by Gasteiger charge is -2.04. The third kappa shape index (κ3) is 2.25. The van der Waals surface area contributed by atoms with Gasteiger partial charge in [-0.1, -0.05) is 42.5 Å². The van der Waals surface area contributed by atoms with Crippen molar-refractivity contribution in [2.24, 2.45) is 5.73 Å². The fraction of sp³-hybridized carbons (Fsp3) is 0. The molecule has 0 radical (unpaired) electrons. The first-order valence-electron chi connectivity index (χ1n) is 4.82. The van der Waals surface area contributed by atoms with Gasteiger partial charge in [-0.3, -0.25) is 0 Å². The van der Waals surface area contributed by atoms with Crippen molar-refractivity contribution in [3.63, 3.8) is 0 Å². The minimum Gasteiger partial charge on any atom is -0.389 e. The van der Waals surface area contributed by atoms with Crippen molar-refractivity contribution >= 4 is 17.2 Å². The summed E-state index contributed by atoms with van der Waals surface area (Å²) >= 11 is 4.91. The van der Waals surface area contributed by atoms with Crippen molar-refractivity contribution in [2.45, 2.75) is 0 Å². The van der Waals surface area contributed by atoms with E-state index in [9.17, 15) is 4.39 Å². The molecule has 2 aromatic carbocycles. The Bertz CT molecular complexity index is 520. The van der Waals surface area contributed by atoms with E-state index in [-0.39, 0.29) is 5.82 Å². The second-order valence-electron chi connectivity index (χ2n) is 3.45. The van der Waals surface area contributed by atoms with E-state index < -0.39 is 0 Å². The Morgan fingerprint density at radius 2 is 1.69 bits per heavy atom. The Labute approximate surface area is 98.7 Å². The van der Waals surface area contributed by atoms with Gasteiger partial charge in [-0.25, -0.2) is 4.39 Å². The lowest BCUT2D eigenvalue weighted by atomic mass is 10.0. The Morgan fingerprint density at radius 1 is 1.00 bits per heavy atom. The molecule has 0 heterocycles. The first kappa shape index (κ1) is 10.8. The fourth-order valence-electron chi connectivity index (χ4n) is 1.49. The second-order valence-corrected chi connectivity index (χ2v) is 3.89. The molecule has 80 valence electrons. The van der Waals surface area contributed by atoms with Gasteiger partial charge in [-0.15, -0.1) is 0 Å². The minimum absolute atomic E-state index is 0.241. The molecule has 2 N–H and O–H groups in total. The summed E-state index contributed by atoms with van der Waals surface area (Å²) in [6, 6.07) is 13.9. The Kier molecular flexibility index (Phi) is 2.97. The number of thiocarbonyl (C=S) groups is 1. The number of hydrogen-bond acceptors (Lipinski definition) is 1. The average Bonchev–Trinajstić information content (AvgIpc) is 2.30. The highest BCUT2D eigenvalue weighted by molar-refractivity contribution is 7.80. The summed E-state index contributed by atoms with van der Waals surface area (Å²) in [4.78, 5) is 0.365. The van der Waals surface area contributed by atoms with Gasteiger partial charge in [0.05, 0.1) is 0 Å². The molecule has 0 aliphatic rings. The van der Waals surface area contributed by atoms with Crippen LogP contribution in [0.4, 0.5) is 4.39 Å². The van der Waals surface area contributed by atoms with Crippen LogP contribution in [-0.4, -0.2) is 4.99 Å². The third-order valence-electron chi connectivity index (χ3n) is 2.32. The molecule has 0 unspecified atom stereocenters. The van der Waals surface area contributed by atoms with Crippen LogP contribution in [0.3, 0.4) is 0 Å². The van der Waals surface area contributed by atoms with E-state index in [1.54, 1.807) is 12.1 Å². The van der Waals surface area contributed by atoms with E-state index in [0.29, 0.717) is 4.99 Å². The molecular formula is C13H10FNS. The molecule has 0 aliphatic heterocycles. The largest absolute Gasteiger partial charge is 0.389 e. The summed E-state index contributed by atoms with van der Waals surface area (Å²) in [6.07, 6.45) is 0. The van der Waals surface area contributed by atoms with E-state index in [1.807, 2.05) is 24.3 Å². The van der Waals surface area contributed by atoms with Crippen molar-refractivity contribution < 1.29 is 4.39 Å². The average molecular weight is 231 g/mol. The number of benzene rings is 2. The molecule has 16 heavy (non-hydrogen) atoms. The van der Waals surface area contributed by atoms with Gasteiger partial charge < -0.3 is 5.73 Å². The lowest BCUT2D eigenvalue weighted by Crippen LogP contribution is -2.08. The highest BCUT2D eigenvalue weighted by Gasteiger charge is 2.01. The molecule has 1 nitrogen and oxygen atoms in total. The zero-order valence-electron chi connectivity index (χ0n) is 8.48. The molecule has 2 aromatic rings. The van der Waals surface area contributed by atoms with Gasteiger partial charge in [0.1, 0.15) is 10.8 Å².